The highest BCUT2D eigenvalue weighted by molar-refractivity contribution is 7.90. The molecule has 11 heteroatoms. The van der Waals surface area contributed by atoms with Crippen LogP contribution < -0.4 is 19.7 Å². The molecule has 9 nitrogen and oxygen atoms in total. The molecule has 262 valence electrons. The molecule has 7 rings (SSSR count). The highest BCUT2D eigenvalue weighted by Gasteiger charge is 2.46. The number of fused-ring (bicyclic) bond motifs is 4. The van der Waals surface area contributed by atoms with Crippen molar-refractivity contribution in [1.29, 1.82) is 0 Å². The van der Waals surface area contributed by atoms with E-state index in [2.05, 4.69) is 27.1 Å². The number of sulfonamides is 1. The summed E-state index contributed by atoms with van der Waals surface area (Å²) in [5.41, 5.74) is 3.48. The number of nitrogens with one attached hydrogen (secondary N) is 2. The van der Waals surface area contributed by atoms with Gasteiger partial charge in [-0.3, -0.25) is 4.79 Å². The molecular weight excluding hydrogens is 650 g/mol. The Labute approximate surface area is 290 Å². The molecule has 1 saturated carbocycles. The van der Waals surface area contributed by atoms with E-state index in [0.29, 0.717) is 37.2 Å². The molecule has 0 aromatic heterocycles. The molecule has 1 spiro atoms. The molecule has 2 aliphatic carbocycles. The summed E-state index contributed by atoms with van der Waals surface area (Å²) in [7, 11) is -1.96. The van der Waals surface area contributed by atoms with Crippen molar-refractivity contribution >= 4 is 33.2 Å². The maximum Gasteiger partial charge on any atom is 0.264 e. The largest absolute Gasteiger partial charge is 0.490 e. The van der Waals surface area contributed by atoms with Gasteiger partial charge in [-0.25, -0.2) is 13.1 Å². The first-order valence-electron chi connectivity index (χ1n) is 17.8. The highest BCUT2D eigenvalue weighted by Crippen LogP contribution is 2.49. The number of carbonyl (C=O) groups excluding carboxylic acids is 1. The van der Waals surface area contributed by atoms with Gasteiger partial charge in [0.25, 0.3) is 5.91 Å². The number of rotatable bonds is 2. The average molecular weight is 700 g/mol. The molecule has 1 amide bonds. The molecule has 0 unspecified atom stereocenters. The van der Waals surface area contributed by atoms with Crippen LogP contribution in [-0.4, -0.2) is 71.9 Å². The van der Waals surface area contributed by atoms with Crippen LogP contribution in [0, 0.1) is 23.7 Å². The summed E-state index contributed by atoms with van der Waals surface area (Å²) < 4.78 is 48.7. The van der Waals surface area contributed by atoms with E-state index >= 15 is 0 Å². The van der Waals surface area contributed by atoms with E-state index in [1.54, 1.807) is 13.0 Å². The van der Waals surface area contributed by atoms with Gasteiger partial charge in [0.05, 0.1) is 36.8 Å². The Bertz CT molecular complexity index is 1610. The van der Waals surface area contributed by atoms with Crippen LogP contribution in [0.3, 0.4) is 0 Å². The third-order valence-corrected chi connectivity index (χ3v) is 14.3. The molecule has 6 atom stereocenters. The van der Waals surface area contributed by atoms with Crippen LogP contribution in [0.2, 0.25) is 5.02 Å². The SMILES string of the molecule is CN[C@H]1CO[C@@H]([C@H]2CCC[C@H](C)[C@@H](C)S(=O)(=O)NC(=O)c3ccc4c(c3)N(C[C@@H]3CC[C@H]32)C[C@@]2(CCCc3cc(Cl)ccc32)CO4)OC1. The van der Waals surface area contributed by atoms with Crippen molar-refractivity contribution < 1.29 is 27.4 Å². The topological polar surface area (TPSA) is 106 Å². The third kappa shape index (κ3) is 6.60. The fourth-order valence-electron chi connectivity index (χ4n) is 8.90. The summed E-state index contributed by atoms with van der Waals surface area (Å²) >= 11 is 6.46. The van der Waals surface area contributed by atoms with Crippen LogP contribution >= 0.6 is 11.6 Å². The molecule has 2 fully saturated rings. The first-order chi connectivity index (χ1) is 23.1. The summed E-state index contributed by atoms with van der Waals surface area (Å²) in [6.07, 6.45) is 7.48. The predicted molar refractivity (Wildman–Crippen MR) is 187 cm³/mol. The number of amides is 1. The van der Waals surface area contributed by atoms with Crippen molar-refractivity contribution in [3.05, 3.63) is 58.1 Å². The Balaban J connectivity index is 1.27. The standard InChI is InChI=1S/C37H50ClN3O6S/c1-23-6-4-8-31(36-45-19-29(39-3)20-46-36)30-12-9-27(30)18-41-21-37(15-5-7-25-16-28(38)11-13-32(25)37)22-47-34-14-10-26(17-33(34)41)35(42)40-48(43,44)24(23)2/h10-11,13-14,16-17,23-24,27,29-31,36,39H,4-9,12,15,18-22H2,1-3H3,(H,40,42)/t23-,24+,27-,29-,30+,31-,36+,37-/m0/s1. The normalized spacial score (nSPS) is 35.3. The van der Waals surface area contributed by atoms with Gasteiger partial charge in [0.1, 0.15) is 5.75 Å². The van der Waals surface area contributed by atoms with Crippen molar-refractivity contribution in [2.75, 3.05) is 44.9 Å². The molecule has 3 aliphatic heterocycles. The summed E-state index contributed by atoms with van der Waals surface area (Å²) in [5.74, 6) is 1.05. The summed E-state index contributed by atoms with van der Waals surface area (Å²) in [6, 6.07) is 11.8. The number of likely N-dealkylation sites (N-methyl/N-ethyl adjacent to an activating group) is 1. The zero-order valence-electron chi connectivity index (χ0n) is 28.4. The van der Waals surface area contributed by atoms with Gasteiger partial charge < -0.3 is 24.4 Å². The summed E-state index contributed by atoms with van der Waals surface area (Å²) in [6.45, 7) is 6.97. The fourth-order valence-corrected chi connectivity index (χ4v) is 10.4. The van der Waals surface area contributed by atoms with Gasteiger partial charge in [-0.1, -0.05) is 31.0 Å². The van der Waals surface area contributed by atoms with Gasteiger partial charge >= 0.3 is 0 Å². The molecule has 1 saturated heterocycles. The predicted octanol–water partition coefficient (Wildman–Crippen LogP) is 5.68. The minimum Gasteiger partial charge on any atom is -0.490 e. The second kappa shape index (κ2) is 13.7. The van der Waals surface area contributed by atoms with E-state index < -0.39 is 21.2 Å². The van der Waals surface area contributed by atoms with Crippen LogP contribution in [0.4, 0.5) is 5.69 Å². The van der Waals surface area contributed by atoms with Gasteiger partial charge in [0.15, 0.2) is 6.29 Å². The second-order valence-electron chi connectivity index (χ2n) is 15.1. The Morgan fingerprint density at radius 2 is 1.81 bits per heavy atom. The van der Waals surface area contributed by atoms with Crippen LogP contribution in [0.25, 0.3) is 0 Å². The van der Waals surface area contributed by atoms with E-state index in [-0.39, 0.29) is 29.6 Å². The first-order valence-corrected chi connectivity index (χ1v) is 19.8. The summed E-state index contributed by atoms with van der Waals surface area (Å²) in [4.78, 5) is 16.0. The number of anilines is 1. The van der Waals surface area contributed by atoms with Crippen LogP contribution in [-0.2, 0) is 31.3 Å². The van der Waals surface area contributed by atoms with E-state index in [1.807, 2.05) is 32.2 Å². The maximum absolute atomic E-state index is 13.5. The van der Waals surface area contributed by atoms with E-state index in [9.17, 15) is 13.2 Å². The van der Waals surface area contributed by atoms with Crippen molar-refractivity contribution in [3.63, 3.8) is 0 Å². The second-order valence-corrected chi connectivity index (χ2v) is 17.5. The monoisotopic (exact) mass is 699 g/mol. The molecular formula is C37H50ClN3O6S. The maximum atomic E-state index is 13.5. The summed E-state index contributed by atoms with van der Waals surface area (Å²) in [5, 5.41) is 3.30. The highest BCUT2D eigenvalue weighted by atomic mass is 35.5. The molecule has 2 bridgehead atoms. The molecule has 2 N–H and O–H groups in total. The Hall–Kier alpha value is -2.37. The molecule has 48 heavy (non-hydrogen) atoms. The number of benzene rings is 2. The van der Waals surface area contributed by atoms with Crippen LogP contribution in [0.5, 0.6) is 5.75 Å². The quantitative estimate of drug-likeness (QED) is 0.413. The Morgan fingerprint density at radius 3 is 2.56 bits per heavy atom. The molecule has 3 heterocycles. The zero-order chi connectivity index (χ0) is 33.6. The molecule has 2 aromatic carbocycles. The molecule has 2 aromatic rings. The molecule has 5 aliphatic rings. The lowest BCUT2D eigenvalue weighted by molar-refractivity contribution is -0.231. The number of hydrogen-bond acceptors (Lipinski definition) is 8. The number of nitrogens with zero attached hydrogens (tertiary/aromatic N) is 1. The third-order valence-electron chi connectivity index (χ3n) is 12.2. The number of halogens is 1. The van der Waals surface area contributed by atoms with Crippen molar-refractivity contribution in [2.45, 2.75) is 88.2 Å². The fraction of sp³-hybridized carbons (Fsp3) is 0.649. The van der Waals surface area contributed by atoms with Gasteiger partial charge in [-0.05, 0) is 118 Å². The zero-order valence-corrected chi connectivity index (χ0v) is 30.0. The minimum atomic E-state index is -3.90. The average Bonchev–Trinajstić information content (AvgIpc) is 3.21. The van der Waals surface area contributed by atoms with Gasteiger partial charge in [0.2, 0.25) is 10.0 Å². The number of aryl methyl sites for hydroxylation is 1. The van der Waals surface area contributed by atoms with Gasteiger partial charge in [0, 0.05) is 35.0 Å². The van der Waals surface area contributed by atoms with Crippen LogP contribution in [0.15, 0.2) is 36.4 Å². The van der Waals surface area contributed by atoms with Crippen molar-refractivity contribution in [1.82, 2.24) is 10.0 Å². The lowest BCUT2D eigenvalue weighted by Gasteiger charge is -2.49. The smallest absolute Gasteiger partial charge is 0.264 e. The Morgan fingerprint density at radius 1 is 1.00 bits per heavy atom. The van der Waals surface area contributed by atoms with Gasteiger partial charge in [-0.15, -0.1) is 0 Å². The van der Waals surface area contributed by atoms with E-state index in [0.717, 1.165) is 80.9 Å². The van der Waals surface area contributed by atoms with Crippen molar-refractivity contribution in [3.8, 4) is 5.75 Å². The number of hydrogen-bond donors (Lipinski definition) is 2. The Kier molecular flexibility index (Phi) is 9.76. The lowest BCUT2D eigenvalue weighted by Crippen LogP contribution is -2.52. The number of ether oxygens (including phenoxy) is 3. The van der Waals surface area contributed by atoms with Crippen molar-refractivity contribution in [2.24, 2.45) is 23.7 Å². The van der Waals surface area contributed by atoms with Gasteiger partial charge in [-0.2, -0.15) is 0 Å². The van der Waals surface area contributed by atoms with Crippen LogP contribution in [0.1, 0.15) is 80.3 Å². The minimum absolute atomic E-state index is 0.122. The first kappa shape index (κ1) is 34.1. The number of carbonyl (C=O) groups is 1. The lowest BCUT2D eigenvalue weighted by atomic mass is 9.64. The molecule has 0 radical (unpaired) electrons. The van der Waals surface area contributed by atoms with E-state index in [1.165, 1.54) is 11.1 Å². The van der Waals surface area contributed by atoms with E-state index in [4.69, 9.17) is 25.8 Å².